The van der Waals surface area contributed by atoms with Gasteiger partial charge in [0.2, 0.25) is 5.91 Å². The van der Waals surface area contributed by atoms with Crippen molar-refractivity contribution in [2.45, 2.75) is 26.7 Å². The van der Waals surface area contributed by atoms with Crippen LogP contribution in [0, 0.1) is 13.8 Å². The van der Waals surface area contributed by atoms with Crippen LogP contribution in [0.1, 0.15) is 24.0 Å². The third-order valence-corrected chi connectivity index (χ3v) is 4.21. The number of aryl methyl sites for hydroxylation is 2. The van der Waals surface area contributed by atoms with Crippen molar-refractivity contribution in [3.05, 3.63) is 57.0 Å². The van der Waals surface area contributed by atoms with E-state index < -0.39 is 0 Å². The summed E-state index contributed by atoms with van der Waals surface area (Å²) in [5, 5.41) is 3.56. The summed E-state index contributed by atoms with van der Waals surface area (Å²) in [4.78, 5) is 12.0. The van der Waals surface area contributed by atoms with Gasteiger partial charge in [-0.15, -0.1) is 0 Å². The number of nitrogens with one attached hydrogen (secondary N) is 1. The van der Waals surface area contributed by atoms with E-state index in [1.807, 2.05) is 44.2 Å². The van der Waals surface area contributed by atoms with Crippen LogP contribution in [0.4, 0.5) is 5.69 Å². The molecule has 0 aliphatic rings. The summed E-state index contributed by atoms with van der Waals surface area (Å²) in [7, 11) is 0. The van der Waals surface area contributed by atoms with Gasteiger partial charge in [0.1, 0.15) is 5.75 Å². The van der Waals surface area contributed by atoms with E-state index in [2.05, 4.69) is 21.2 Å². The summed E-state index contributed by atoms with van der Waals surface area (Å²) >= 11 is 9.37. The summed E-state index contributed by atoms with van der Waals surface area (Å²) in [6, 6.07) is 11.3. The van der Waals surface area contributed by atoms with Gasteiger partial charge >= 0.3 is 0 Å². The number of benzene rings is 2. The monoisotopic (exact) mass is 395 g/mol. The predicted octanol–water partition coefficient (Wildman–Crippen LogP) is 5.52. The molecule has 3 nitrogen and oxygen atoms in total. The Bertz CT molecular complexity index is 703. The predicted molar refractivity (Wildman–Crippen MR) is 98.4 cm³/mol. The van der Waals surface area contributed by atoms with E-state index in [-0.39, 0.29) is 5.91 Å². The van der Waals surface area contributed by atoms with Gasteiger partial charge < -0.3 is 10.1 Å². The van der Waals surface area contributed by atoms with Crippen LogP contribution in [0.3, 0.4) is 0 Å². The van der Waals surface area contributed by atoms with E-state index in [4.69, 9.17) is 16.3 Å². The summed E-state index contributed by atoms with van der Waals surface area (Å²) in [5.41, 5.74) is 2.91. The maximum absolute atomic E-state index is 12.0. The third kappa shape index (κ3) is 5.56. The Morgan fingerprint density at radius 1 is 1.22 bits per heavy atom. The average molecular weight is 397 g/mol. The van der Waals surface area contributed by atoms with E-state index in [0.717, 1.165) is 21.5 Å². The molecule has 1 N–H and O–H groups in total. The second kappa shape index (κ2) is 8.37. The maximum atomic E-state index is 12.0. The molecule has 5 heteroatoms. The van der Waals surface area contributed by atoms with E-state index in [1.165, 1.54) is 5.56 Å². The molecule has 0 saturated heterocycles. The SMILES string of the molecule is Cc1ccc(OCCCC(=O)Nc2ccc(Cl)cc2C)c(Br)c1. The zero-order valence-electron chi connectivity index (χ0n) is 13.2. The third-order valence-electron chi connectivity index (χ3n) is 3.36. The highest BCUT2D eigenvalue weighted by Gasteiger charge is 2.06. The molecule has 0 unspecified atom stereocenters. The van der Waals surface area contributed by atoms with Crippen molar-refractivity contribution >= 4 is 39.1 Å². The second-order valence-electron chi connectivity index (χ2n) is 5.39. The number of ether oxygens (including phenoxy) is 1. The Kier molecular flexibility index (Phi) is 6.48. The number of halogens is 2. The molecule has 2 aromatic rings. The average Bonchev–Trinajstić information content (AvgIpc) is 2.48. The summed E-state index contributed by atoms with van der Waals surface area (Å²) < 4.78 is 6.62. The largest absolute Gasteiger partial charge is 0.492 e. The van der Waals surface area contributed by atoms with Crippen molar-refractivity contribution in [3.63, 3.8) is 0 Å². The Balaban J connectivity index is 1.76. The van der Waals surface area contributed by atoms with Gasteiger partial charge in [-0.3, -0.25) is 4.79 Å². The lowest BCUT2D eigenvalue weighted by Gasteiger charge is -2.10. The van der Waals surface area contributed by atoms with Crippen molar-refractivity contribution in [1.29, 1.82) is 0 Å². The highest BCUT2D eigenvalue weighted by atomic mass is 79.9. The lowest BCUT2D eigenvalue weighted by molar-refractivity contribution is -0.116. The van der Waals surface area contributed by atoms with Crippen molar-refractivity contribution in [2.24, 2.45) is 0 Å². The van der Waals surface area contributed by atoms with Crippen LogP contribution in [0.15, 0.2) is 40.9 Å². The van der Waals surface area contributed by atoms with Crippen LogP contribution in [-0.4, -0.2) is 12.5 Å². The topological polar surface area (TPSA) is 38.3 Å². The van der Waals surface area contributed by atoms with E-state index in [9.17, 15) is 4.79 Å². The number of hydrogen-bond donors (Lipinski definition) is 1. The van der Waals surface area contributed by atoms with Crippen LogP contribution < -0.4 is 10.1 Å². The van der Waals surface area contributed by atoms with Crippen molar-refractivity contribution in [3.8, 4) is 5.75 Å². The van der Waals surface area contributed by atoms with Gasteiger partial charge in [0.05, 0.1) is 11.1 Å². The van der Waals surface area contributed by atoms with Crippen LogP contribution in [0.2, 0.25) is 5.02 Å². The van der Waals surface area contributed by atoms with E-state index in [1.54, 1.807) is 6.07 Å². The molecule has 0 atom stereocenters. The Morgan fingerprint density at radius 2 is 2.00 bits per heavy atom. The minimum Gasteiger partial charge on any atom is -0.492 e. The summed E-state index contributed by atoms with van der Waals surface area (Å²) in [6.45, 7) is 4.44. The molecule has 0 aromatic heterocycles. The van der Waals surface area contributed by atoms with Gasteiger partial charge in [0.15, 0.2) is 0 Å². The smallest absolute Gasteiger partial charge is 0.224 e. The quantitative estimate of drug-likeness (QED) is 0.653. The Morgan fingerprint density at radius 3 is 2.70 bits per heavy atom. The minimum absolute atomic E-state index is 0.0259. The van der Waals surface area contributed by atoms with Crippen molar-refractivity contribution in [2.75, 3.05) is 11.9 Å². The molecule has 1 amide bonds. The van der Waals surface area contributed by atoms with Gasteiger partial charge in [0, 0.05) is 17.1 Å². The molecule has 0 radical (unpaired) electrons. The summed E-state index contributed by atoms with van der Waals surface area (Å²) in [5.74, 6) is 0.770. The highest BCUT2D eigenvalue weighted by Crippen LogP contribution is 2.26. The number of anilines is 1. The minimum atomic E-state index is -0.0259. The zero-order chi connectivity index (χ0) is 16.8. The molecule has 0 spiro atoms. The molecule has 0 aliphatic carbocycles. The fourth-order valence-electron chi connectivity index (χ4n) is 2.12. The van der Waals surface area contributed by atoms with Crippen LogP contribution in [-0.2, 0) is 4.79 Å². The van der Waals surface area contributed by atoms with Gasteiger partial charge in [-0.2, -0.15) is 0 Å². The molecule has 23 heavy (non-hydrogen) atoms. The molecular weight excluding hydrogens is 378 g/mol. The number of carbonyl (C=O) groups is 1. The van der Waals surface area contributed by atoms with Gasteiger partial charge in [0.25, 0.3) is 0 Å². The maximum Gasteiger partial charge on any atom is 0.224 e. The first kappa shape index (κ1) is 17.8. The highest BCUT2D eigenvalue weighted by molar-refractivity contribution is 9.10. The molecular formula is C18H19BrClNO2. The summed E-state index contributed by atoms with van der Waals surface area (Å²) in [6.07, 6.45) is 1.06. The molecule has 0 bridgehead atoms. The molecule has 0 heterocycles. The second-order valence-corrected chi connectivity index (χ2v) is 6.68. The number of amides is 1. The molecule has 0 fully saturated rings. The normalized spacial score (nSPS) is 10.4. The van der Waals surface area contributed by atoms with Crippen LogP contribution in [0.25, 0.3) is 0 Å². The lowest BCUT2D eigenvalue weighted by Crippen LogP contribution is -2.13. The lowest BCUT2D eigenvalue weighted by atomic mass is 10.2. The Hall–Kier alpha value is -1.52. The zero-order valence-corrected chi connectivity index (χ0v) is 15.5. The van der Waals surface area contributed by atoms with Gasteiger partial charge in [-0.05, 0) is 77.7 Å². The standard InChI is InChI=1S/C18H19BrClNO2/c1-12-5-8-17(15(19)10-12)23-9-3-4-18(22)21-16-7-6-14(20)11-13(16)2/h5-8,10-11H,3-4,9H2,1-2H3,(H,21,22). The molecule has 0 saturated carbocycles. The van der Waals surface area contributed by atoms with Crippen molar-refractivity contribution in [1.82, 2.24) is 0 Å². The van der Waals surface area contributed by atoms with Gasteiger partial charge in [-0.25, -0.2) is 0 Å². The molecule has 2 aromatic carbocycles. The fraction of sp³-hybridized carbons (Fsp3) is 0.278. The molecule has 2 rings (SSSR count). The van der Waals surface area contributed by atoms with Crippen LogP contribution in [0.5, 0.6) is 5.75 Å². The number of rotatable bonds is 6. The first-order chi connectivity index (χ1) is 11.0. The van der Waals surface area contributed by atoms with E-state index in [0.29, 0.717) is 24.5 Å². The fourth-order valence-corrected chi connectivity index (χ4v) is 2.95. The molecule has 0 aliphatic heterocycles. The number of hydrogen-bond acceptors (Lipinski definition) is 2. The number of carbonyl (C=O) groups excluding carboxylic acids is 1. The first-order valence-electron chi connectivity index (χ1n) is 7.40. The van der Waals surface area contributed by atoms with E-state index >= 15 is 0 Å². The van der Waals surface area contributed by atoms with Gasteiger partial charge in [-0.1, -0.05) is 17.7 Å². The Labute approximate surface area is 150 Å². The first-order valence-corrected chi connectivity index (χ1v) is 8.58. The van der Waals surface area contributed by atoms with Crippen LogP contribution >= 0.6 is 27.5 Å². The van der Waals surface area contributed by atoms with Crippen molar-refractivity contribution < 1.29 is 9.53 Å². The molecule has 122 valence electrons.